The number of quaternary nitrogens is 1. The Kier molecular flexibility index (Phi) is 8.75. The van der Waals surface area contributed by atoms with Crippen molar-refractivity contribution in [1.29, 1.82) is 15.8 Å². The smallest absolute Gasteiger partial charge is 0.0932 e. The lowest BCUT2D eigenvalue weighted by Crippen LogP contribution is -3.14. The van der Waals surface area contributed by atoms with Crippen molar-refractivity contribution in [2.45, 2.75) is 82.4 Å². The Balaban J connectivity index is 1.60. The molecule has 29 heavy (non-hydrogen) atoms. The standard InChI is InChI=1S/C23H35N5O/c24-10-1-4-13-27-15-9-20-21-17-19(29-16-6-3-12-26)7-8-22(21)28(23(20)18-27)14-5-2-11-25/h19-23H,1-9,13-18H2/p+1. The second kappa shape index (κ2) is 11.5. The summed E-state index contributed by atoms with van der Waals surface area (Å²) in [5, 5.41) is 26.5. The molecule has 2 aliphatic heterocycles. The van der Waals surface area contributed by atoms with E-state index in [-0.39, 0.29) is 0 Å². The van der Waals surface area contributed by atoms with E-state index in [0.717, 1.165) is 57.0 Å². The van der Waals surface area contributed by atoms with Gasteiger partial charge in [-0.2, -0.15) is 15.8 Å². The summed E-state index contributed by atoms with van der Waals surface area (Å²) >= 11 is 0. The van der Waals surface area contributed by atoms with Gasteiger partial charge < -0.3 is 9.64 Å². The van der Waals surface area contributed by atoms with Gasteiger partial charge >= 0.3 is 0 Å². The minimum Gasteiger partial charge on any atom is -0.378 e. The van der Waals surface area contributed by atoms with Gasteiger partial charge in [-0.25, -0.2) is 0 Å². The van der Waals surface area contributed by atoms with E-state index in [0.29, 0.717) is 44.1 Å². The third-order valence-electron chi connectivity index (χ3n) is 7.35. The summed E-state index contributed by atoms with van der Waals surface area (Å²) in [5.74, 6) is 1.48. The molecule has 3 aliphatic rings. The summed E-state index contributed by atoms with van der Waals surface area (Å²) in [6, 6.07) is 8.08. The molecule has 6 heteroatoms. The van der Waals surface area contributed by atoms with Crippen LogP contribution in [0.3, 0.4) is 0 Å². The van der Waals surface area contributed by atoms with Gasteiger partial charge in [-0.3, -0.25) is 4.90 Å². The van der Waals surface area contributed by atoms with Crippen LogP contribution in [0.5, 0.6) is 0 Å². The Morgan fingerprint density at radius 2 is 1.62 bits per heavy atom. The SMILES string of the molecule is N#CCCCOC1CCC2C(C1)C1CC[NH+](CCCC#N)CC1N2CCCC#N. The van der Waals surface area contributed by atoms with Crippen molar-refractivity contribution in [3.63, 3.8) is 0 Å². The topological polar surface area (TPSA) is 88.3 Å². The molecule has 0 aromatic rings. The van der Waals surface area contributed by atoms with E-state index >= 15 is 0 Å². The number of rotatable bonds is 10. The Hall–Kier alpha value is -1.65. The Morgan fingerprint density at radius 1 is 0.862 bits per heavy atom. The van der Waals surface area contributed by atoms with E-state index < -0.39 is 0 Å². The molecule has 0 radical (unpaired) electrons. The van der Waals surface area contributed by atoms with Crippen LogP contribution in [-0.4, -0.2) is 55.9 Å². The number of hydrogen-bond donors (Lipinski definition) is 1. The van der Waals surface area contributed by atoms with Gasteiger partial charge in [0.25, 0.3) is 0 Å². The molecular formula is C23H36N5O+. The fourth-order valence-corrected chi connectivity index (χ4v) is 6.11. The second-order valence-electron chi connectivity index (χ2n) is 9.03. The molecule has 1 aliphatic carbocycles. The second-order valence-corrected chi connectivity index (χ2v) is 9.03. The molecule has 1 saturated carbocycles. The Bertz CT molecular complexity index is 633. The molecule has 3 fully saturated rings. The van der Waals surface area contributed by atoms with Crippen LogP contribution in [0, 0.1) is 45.8 Å². The minimum absolute atomic E-state index is 0.357. The van der Waals surface area contributed by atoms with Crippen molar-refractivity contribution < 1.29 is 9.64 Å². The van der Waals surface area contributed by atoms with Crippen LogP contribution in [0.2, 0.25) is 0 Å². The summed E-state index contributed by atoms with van der Waals surface area (Å²) in [7, 11) is 0. The summed E-state index contributed by atoms with van der Waals surface area (Å²) < 4.78 is 6.14. The highest BCUT2D eigenvalue weighted by atomic mass is 16.5. The van der Waals surface area contributed by atoms with Crippen molar-refractivity contribution >= 4 is 0 Å². The largest absolute Gasteiger partial charge is 0.378 e. The average molecular weight is 399 g/mol. The van der Waals surface area contributed by atoms with Crippen molar-refractivity contribution in [1.82, 2.24) is 4.90 Å². The molecule has 0 aromatic heterocycles. The first-order valence-corrected chi connectivity index (χ1v) is 11.6. The van der Waals surface area contributed by atoms with Crippen LogP contribution in [-0.2, 0) is 4.74 Å². The van der Waals surface area contributed by atoms with Crippen molar-refractivity contribution in [2.24, 2.45) is 11.8 Å². The van der Waals surface area contributed by atoms with E-state index in [9.17, 15) is 0 Å². The van der Waals surface area contributed by atoms with Crippen molar-refractivity contribution in [3.05, 3.63) is 0 Å². The Morgan fingerprint density at radius 3 is 2.41 bits per heavy atom. The molecule has 2 saturated heterocycles. The van der Waals surface area contributed by atoms with Crippen LogP contribution in [0.15, 0.2) is 0 Å². The maximum atomic E-state index is 8.99. The number of ether oxygens (including phenoxy) is 1. The monoisotopic (exact) mass is 398 g/mol. The fraction of sp³-hybridized carbons (Fsp3) is 0.870. The molecule has 6 unspecified atom stereocenters. The molecule has 0 amide bonds. The molecule has 158 valence electrons. The van der Waals surface area contributed by atoms with Crippen molar-refractivity contribution in [3.8, 4) is 18.2 Å². The van der Waals surface area contributed by atoms with Crippen LogP contribution in [0.1, 0.15) is 64.2 Å². The summed E-state index contributed by atoms with van der Waals surface area (Å²) in [6.45, 7) is 5.31. The van der Waals surface area contributed by atoms with Crippen molar-refractivity contribution in [2.75, 3.05) is 32.8 Å². The highest BCUT2D eigenvalue weighted by Gasteiger charge is 2.53. The predicted octanol–water partition coefficient (Wildman–Crippen LogP) is 2.04. The van der Waals surface area contributed by atoms with Gasteiger partial charge in [0.2, 0.25) is 0 Å². The first kappa shape index (κ1) is 22.0. The fourth-order valence-electron chi connectivity index (χ4n) is 6.11. The zero-order valence-electron chi connectivity index (χ0n) is 17.7. The van der Waals surface area contributed by atoms with E-state index in [1.54, 1.807) is 4.90 Å². The molecule has 2 heterocycles. The molecule has 0 bridgehead atoms. The molecule has 3 rings (SSSR count). The summed E-state index contributed by atoms with van der Waals surface area (Å²) in [4.78, 5) is 4.43. The maximum Gasteiger partial charge on any atom is 0.0932 e. The van der Waals surface area contributed by atoms with Gasteiger partial charge in [0.1, 0.15) is 0 Å². The number of piperidine rings is 1. The number of likely N-dealkylation sites (tertiary alicyclic amines) is 2. The number of fused-ring (bicyclic) bond motifs is 3. The number of hydrogen-bond acceptors (Lipinski definition) is 5. The van der Waals surface area contributed by atoms with Gasteiger partial charge in [0.15, 0.2) is 0 Å². The normalized spacial score (nSPS) is 33.8. The number of unbranched alkanes of at least 4 members (excludes halogenated alkanes) is 3. The van der Waals surface area contributed by atoms with Gasteiger partial charge in [-0.05, 0) is 50.5 Å². The average Bonchev–Trinajstić information content (AvgIpc) is 3.04. The van der Waals surface area contributed by atoms with Crippen LogP contribution in [0.25, 0.3) is 0 Å². The van der Waals surface area contributed by atoms with E-state index in [4.69, 9.17) is 20.5 Å². The zero-order valence-corrected chi connectivity index (χ0v) is 17.7. The van der Waals surface area contributed by atoms with Crippen LogP contribution >= 0.6 is 0 Å². The third-order valence-corrected chi connectivity index (χ3v) is 7.35. The first-order chi connectivity index (χ1) is 14.3. The molecule has 6 atom stereocenters. The van der Waals surface area contributed by atoms with Gasteiger partial charge in [-0.15, -0.1) is 0 Å². The zero-order chi connectivity index (χ0) is 20.5. The maximum absolute atomic E-state index is 8.99. The molecular weight excluding hydrogens is 362 g/mol. The van der Waals surface area contributed by atoms with Gasteiger partial charge in [-0.1, -0.05) is 0 Å². The van der Waals surface area contributed by atoms with Crippen LogP contribution < -0.4 is 4.90 Å². The Labute approximate surface area is 176 Å². The lowest BCUT2D eigenvalue weighted by molar-refractivity contribution is -0.908. The van der Waals surface area contributed by atoms with Crippen LogP contribution in [0.4, 0.5) is 0 Å². The van der Waals surface area contributed by atoms with Gasteiger partial charge in [0.05, 0.1) is 50.0 Å². The summed E-state index contributed by atoms with van der Waals surface area (Å²) in [5.41, 5.74) is 0. The van der Waals surface area contributed by atoms with E-state index in [1.807, 2.05) is 0 Å². The quantitative estimate of drug-likeness (QED) is 0.569. The van der Waals surface area contributed by atoms with E-state index in [2.05, 4.69) is 23.1 Å². The molecule has 0 aromatic carbocycles. The van der Waals surface area contributed by atoms with Gasteiger partial charge in [0, 0.05) is 44.8 Å². The third kappa shape index (κ3) is 5.70. The predicted molar refractivity (Wildman–Crippen MR) is 110 cm³/mol. The molecule has 1 N–H and O–H groups in total. The highest BCUT2D eigenvalue weighted by Crippen LogP contribution is 2.46. The highest BCUT2D eigenvalue weighted by molar-refractivity contribution is 5.03. The van der Waals surface area contributed by atoms with E-state index in [1.165, 1.54) is 25.9 Å². The molecule has 6 nitrogen and oxygen atoms in total. The molecule has 0 spiro atoms. The lowest BCUT2D eigenvalue weighted by Gasteiger charge is -2.37. The lowest BCUT2D eigenvalue weighted by atomic mass is 9.74. The number of nitrogens with one attached hydrogen (secondary N) is 1. The minimum atomic E-state index is 0.357. The summed E-state index contributed by atoms with van der Waals surface area (Å²) in [6.07, 6.45) is 9.85. The number of nitrogens with zero attached hydrogens (tertiary/aromatic N) is 4. The number of nitriles is 3. The first-order valence-electron chi connectivity index (χ1n) is 11.6.